The second-order valence-electron chi connectivity index (χ2n) is 4.80. The first-order valence-corrected chi connectivity index (χ1v) is 7.59. The summed E-state index contributed by atoms with van der Waals surface area (Å²) < 4.78 is 0. The fourth-order valence-corrected chi connectivity index (χ4v) is 2.49. The highest BCUT2D eigenvalue weighted by molar-refractivity contribution is 6.34. The van der Waals surface area contributed by atoms with Crippen molar-refractivity contribution in [1.29, 1.82) is 0 Å². The number of rotatable bonds is 6. The number of benzene rings is 1. The number of likely N-dealkylation sites (N-methyl/N-ethyl adjacent to an activating group) is 1. The van der Waals surface area contributed by atoms with Crippen molar-refractivity contribution in [2.75, 3.05) is 26.2 Å². The Hall–Kier alpha value is -1.65. The molecule has 21 heavy (non-hydrogen) atoms. The Bertz CT molecular complexity index is 626. The Kier molecular flexibility index (Phi) is 5.53. The van der Waals surface area contributed by atoms with Gasteiger partial charge in [-0.25, -0.2) is 4.98 Å². The second kappa shape index (κ2) is 7.38. The number of hydrogen-bond donors (Lipinski definition) is 1. The number of carbonyl (C=O) groups is 1. The fraction of sp³-hybridized carbons (Fsp3) is 0.375. The average molecular weight is 306 g/mol. The van der Waals surface area contributed by atoms with Gasteiger partial charge in [0.1, 0.15) is 10.8 Å². The molecule has 0 aliphatic rings. The third kappa shape index (κ3) is 3.93. The topological polar surface area (TPSA) is 45.2 Å². The van der Waals surface area contributed by atoms with Gasteiger partial charge in [-0.3, -0.25) is 4.79 Å². The SMILES string of the molecule is CCN(CC)CCNC(=O)c1cc2ccccc2c(Cl)n1. The molecule has 1 amide bonds. The smallest absolute Gasteiger partial charge is 0.270 e. The molecule has 0 atom stereocenters. The van der Waals surface area contributed by atoms with Crippen molar-refractivity contribution < 1.29 is 4.79 Å². The van der Waals surface area contributed by atoms with Crippen molar-refractivity contribution in [3.8, 4) is 0 Å². The van der Waals surface area contributed by atoms with Crippen molar-refractivity contribution in [2.45, 2.75) is 13.8 Å². The highest BCUT2D eigenvalue weighted by Crippen LogP contribution is 2.22. The predicted octanol–water partition coefficient (Wildman–Crippen LogP) is 2.96. The van der Waals surface area contributed by atoms with Crippen molar-refractivity contribution in [3.63, 3.8) is 0 Å². The van der Waals surface area contributed by atoms with E-state index in [-0.39, 0.29) is 5.91 Å². The number of hydrogen-bond acceptors (Lipinski definition) is 3. The highest BCUT2D eigenvalue weighted by atomic mass is 35.5. The lowest BCUT2D eigenvalue weighted by Crippen LogP contribution is -2.35. The van der Waals surface area contributed by atoms with Crippen LogP contribution in [0.15, 0.2) is 30.3 Å². The van der Waals surface area contributed by atoms with Crippen LogP contribution in [0.2, 0.25) is 5.15 Å². The van der Waals surface area contributed by atoms with Gasteiger partial charge in [-0.05, 0) is 24.5 Å². The Balaban J connectivity index is 2.06. The van der Waals surface area contributed by atoms with Crippen LogP contribution in [-0.4, -0.2) is 42.0 Å². The summed E-state index contributed by atoms with van der Waals surface area (Å²) in [6, 6.07) is 9.41. The van der Waals surface area contributed by atoms with Crippen LogP contribution in [-0.2, 0) is 0 Å². The summed E-state index contributed by atoms with van der Waals surface area (Å²) in [5.41, 5.74) is 0.359. The Labute approximate surface area is 130 Å². The van der Waals surface area contributed by atoms with E-state index < -0.39 is 0 Å². The largest absolute Gasteiger partial charge is 0.349 e. The first kappa shape index (κ1) is 15.7. The molecule has 1 aromatic heterocycles. The minimum absolute atomic E-state index is 0.185. The molecule has 0 saturated carbocycles. The van der Waals surface area contributed by atoms with Gasteiger partial charge in [0.15, 0.2) is 0 Å². The van der Waals surface area contributed by atoms with E-state index in [2.05, 4.69) is 29.0 Å². The molecule has 2 aromatic rings. The van der Waals surface area contributed by atoms with E-state index in [0.717, 1.165) is 30.4 Å². The second-order valence-corrected chi connectivity index (χ2v) is 5.16. The number of halogens is 1. The van der Waals surface area contributed by atoms with E-state index in [9.17, 15) is 4.79 Å². The maximum Gasteiger partial charge on any atom is 0.270 e. The Morgan fingerprint density at radius 2 is 2.00 bits per heavy atom. The Morgan fingerprint density at radius 1 is 1.29 bits per heavy atom. The molecule has 4 nitrogen and oxygen atoms in total. The number of carbonyl (C=O) groups excluding carboxylic acids is 1. The number of pyridine rings is 1. The molecular formula is C16H20ClN3O. The Morgan fingerprint density at radius 3 is 2.71 bits per heavy atom. The van der Waals surface area contributed by atoms with Gasteiger partial charge in [-0.15, -0.1) is 0 Å². The third-order valence-corrected chi connectivity index (χ3v) is 3.82. The van der Waals surface area contributed by atoms with Crippen molar-refractivity contribution in [2.24, 2.45) is 0 Å². The van der Waals surface area contributed by atoms with Crippen LogP contribution in [0.3, 0.4) is 0 Å². The third-order valence-electron chi connectivity index (χ3n) is 3.53. The van der Waals surface area contributed by atoms with Gasteiger partial charge in [0.05, 0.1) is 0 Å². The van der Waals surface area contributed by atoms with E-state index in [0.29, 0.717) is 17.4 Å². The van der Waals surface area contributed by atoms with Crippen LogP contribution in [0.4, 0.5) is 0 Å². The highest BCUT2D eigenvalue weighted by Gasteiger charge is 2.11. The van der Waals surface area contributed by atoms with Crippen LogP contribution >= 0.6 is 11.6 Å². The summed E-state index contributed by atoms with van der Waals surface area (Å²) in [7, 11) is 0. The van der Waals surface area contributed by atoms with Gasteiger partial charge >= 0.3 is 0 Å². The summed E-state index contributed by atoms with van der Waals surface area (Å²) in [5, 5.41) is 5.03. The molecule has 1 heterocycles. The minimum Gasteiger partial charge on any atom is -0.349 e. The summed E-state index contributed by atoms with van der Waals surface area (Å²) >= 11 is 6.14. The summed E-state index contributed by atoms with van der Waals surface area (Å²) in [5.74, 6) is -0.185. The summed E-state index contributed by atoms with van der Waals surface area (Å²) in [4.78, 5) is 18.6. The van der Waals surface area contributed by atoms with E-state index in [1.165, 1.54) is 0 Å². The molecule has 0 spiro atoms. The fourth-order valence-electron chi connectivity index (χ4n) is 2.23. The maximum absolute atomic E-state index is 12.1. The van der Waals surface area contributed by atoms with E-state index >= 15 is 0 Å². The van der Waals surface area contributed by atoms with Crippen molar-refractivity contribution >= 4 is 28.3 Å². The average Bonchev–Trinajstić information content (AvgIpc) is 2.51. The van der Waals surface area contributed by atoms with Crippen LogP contribution < -0.4 is 5.32 Å². The minimum atomic E-state index is -0.185. The van der Waals surface area contributed by atoms with Gasteiger partial charge in [0.2, 0.25) is 0 Å². The number of nitrogens with zero attached hydrogens (tertiary/aromatic N) is 2. The zero-order valence-corrected chi connectivity index (χ0v) is 13.2. The quantitative estimate of drug-likeness (QED) is 0.835. The van der Waals surface area contributed by atoms with Crippen LogP contribution in [0, 0.1) is 0 Å². The molecule has 1 aromatic carbocycles. The molecule has 112 valence electrons. The van der Waals surface area contributed by atoms with E-state index in [4.69, 9.17) is 11.6 Å². The first-order chi connectivity index (χ1) is 10.2. The molecule has 0 saturated heterocycles. The molecule has 5 heteroatoms. The molecule has 0 fully saturated rings. The molecule has 1 N–H and O–H groups in total. The lowest BCUT2D eigenvalue weighted by molar-refractivity contribution is 0.0944. The molecule has 0 radical (unpaired) electrons. The molecular weight excluding hydrogens is 286 g/mol. The normalized spacial score (nSPS) is 11.0. The number of fused-ring (bicyclic) bond motifs is 1. The van der Waals surface area contributed by atoms with E-state index in [1.54, 1.807) is 6.07 Å². The monoisotopic (exact) mass is 305 g/mol. The first-order valence-electron chi connectivity index (χ1n) is 7.21. The zero-order chi connectivity index (χ0) is 15.2. The zero-order valence-electron chi connectivity index (χ0n) is 12.4. The van der Waals surface area contributed by atoms with Crippen molar-refractivity contribution in [3.05, 3.63) is 41.2 Å². The standard InChI is InChI=1S/C16H20ClN3O/c1-3-20(4-2)10-9-18-16(21)14-11-12-7-5-6-8-13(12)15(17)19-14/h5-8,11H,3-4,9-10H2,1-2H3,(H,18,21). The van der Waals surface area contributed by atoms with Gasteiger partial charge in [-0.2, -0.15) is 0 Å². The van der Waals surface area contributed by atoms with Crippen LogP contribution in [0.5, 0.6) is 0 Å². The molecule has 0 unspecified atom stereocenters. The molecule has 0 bridgehead atoms. The van der Waals surface area contributed by atoms with Gasteiger partial charge in [-0.1, -0.05) is 49.7 Å². The van der Waals surface area contributed by atoms with Gasteiger partial charge in [0.25, 0.3) is 5.91 Å². The maximum atomic E-state index is 12.1. The lowest BCUT2D eigenvalue weighted by Gasteiger charge is -2.17. The van der Waals surface area contributed by atoms with Crippen LogP contribution in [0.1, 0.15) is 24.3 Å². The summed E-state index contributed by atoms with van der Waals surface area (Å²) in [6.07, 6.45) is 0. The number of amides is 1. The van der Waals surface area contributed by atoms with E-state index in [1.807, 2.05) is 24.3 Å². The predicted molar refractivity (Wildman–Crippen MR) is 86.9 cm³/mol. The van der Waals surface area contributed by atoms with Crippen LogP contribution in [0.25, 0.3) is 10.8 Å². The number of aromatic nitrogens is 1. The van der Waals surface area contributed by atoms with Gasteiger partial charge < -0.3 is 10.2 Å². The van der Waals surface area contributed by atoms with Gasteiger partial charge in [0, 0.05) is 18.5 Å². The lowest BCUT2D eigenvalue weighted by atomic mass is 10.1. The molecule has 0 aliphatic heterocycles. The molecule has 0 aliphatic carbocycles. The summed E-state index contributed by atoms with van der Waals surface area (Å²) in [6.45, 7) is 7.61. The van der Waals surface area contributed by atoms with Crippen molar-refractivity contribution in [1.82, 2.24) is 15.2 Å². The number of nitrogens with one attached hydrogen (secondary N) is 1. The molecule has 2 rings (SSSR count).